The number of amides is 1. The van der Waals surface area contributed by atoms with Crippen LogP contribution in [0.15, 0.2) is 54.0 Å². The summed E-state index contributed by atoms with van der Waals surface area (Å²) in [5.74, 6) is 0.467. The number of methoxy groups -OCH3 is 2. The molecule has 0 fully saturated rings. The van der Waals surface area contributed by atoms with Gasteiger partial charge in [0.25, 0.3) is 5.91 Å². The molecule has 0 atom stereocenters. The minimum atomic E-state index is -0.348. The maximum atomic E-state index is 14.2. The van der Waals surface area contributed by atoms with Crippen LogP contribution in [-0.4, -0.2) is 24.7 Å². The molecule has 0 N–H and O–H groups in total. The number of rotatable bonds is 6. The van der Waals surface area contributed by atoms with Crippen molar-refractivity contribution in [1.82, 2.24) is 4.57 Å². The normalized spacial score (nSPS) is 11.6. The van der Waals surface area contributed by atoms with Crippen molar-refractivity contribution >= 4 is 27.5 Å². The second kappa shape index (κ2) is 8.18. The Bertz CT molecular complexity index is 1070. The molecule has 3 aromatic rings. The molecule has 0 saturated carbocycles. The Kier molecular flexibility index (Phi) is 5.71. The third kappa shape index (κ3) is 3.93. The van der Waals surface area contributed by atoms with Gasteiger partial charge in [-0.15, -0.1) is 6.58 Å². The van der Waals surface area contributed by atoms with Gasteiger partial charge in [-0.25, -0.2) is 4.39 Å². The summed E-state index contributed by atoms with van der Waals surface area (Å²) in [6, 6.07) is 10.1. The first-order valence-electron chi connectivity index (χ1n) is 8.24. The molecular formula is C20H19FN2O3S. The average molecular weight is 386 g/mol. The number of halogens is 1. The standard InChI is InChI=1S/C20H19FN2O3S/c1-4-10-23-19-14(21)6-5-7-17(19)27-20(23)22-18(24)12-13-8-9-15(25-2)16(11-13)26-3/h4-9,11H,1,10,12H2,2-3H3. The Morgan fingerprint density at radius 3 is 2.74 bits per heavy atom. The second-order valence-electron chi connectivity index (χ2n) is 5.74. The van der Waals surface area contributed by atoms with E-state index in [-0.39, 0.29) is 18.1 Å². The highest BCUT2D eigenvalue weighted by Crippen LogP contribution is 2.27. The lowest BCUT2D eigenvalue weighted by Crippen LogP contribution is -2.17. The Hall–Kier alpha value is -2.93. The Morgan fingerprint density at radius 2 is 2.04 bits per heavy atom. The molecule has 1 amide bonds. The SMILES string of the molecule is C=CCn1c(=NC(=O)Cc2ccc(OC)c(OC)c2)sc2cccc(F)c21. The van der Waals surface area contributed by atoms with Crippen molar-refractivity contribution in [3.8, 4) is 11.5 Å². The van der Waals surface area contributed by atoms with Gasteiger partial charge in [-0.1, -0.05) is 29.5 Å². The summed E-state index contributed by atoms with van der Waals surface area (Å²) < 4.78 is 27.1. The number of aromatic nitrogens is 1. The molecule has 0 spiro atoms. The minimum Gasteiger partial charge on any atom is -0.493 e. The third-order valence-corrected chi connectivity index (χ3v) is 5.03. The Morgan fingerprint density at radius 1 is 1.26 bits per heavy atom. The summed E-state index contributed by atoms with van der Waals surface area (Å²) in [6.45, 7) is 4.07. The van der Waals surface area contributed by atoms with Gasteiger partial charge in [-0.3, -0.25) is 4.79 Å². The van der Waals surface area contributed by atoms with Crippen LogP contribution in [0.3, 0.4) is 0 Å². The van der Waals surface area contributed by atoms with Gasteiger partial charge in [0.15, 0.2) is 16.3 Å². The fourth-order valence-corrected chi connectivity index (χ4v) is 3.85. The predicted molar refractivity (Wildman–Crippen MR) is 104 cm³/mol. The summed E-state index contributed by atoms with van der Waals surface area (Å²) in [5.41, 5.74) is 1.18. The van der Waals surface area contributed by atoms with Crippen LogP contribution in [0.1, 0.15) is 5.56 Å². The Balaban J connectivity index is 1.97. The molecular weight excluding hydrogens is 367 g/mol. The molecule has 0 unspecified atom stereocenters. The number of benzene rings is 2. The van der Waals surface area contributed by atoms with Crippen LogP contribution in [0.4, 0.5) is 4.39 Å². The van der Waals surface area contributed by atoms with E-state index < -0.39 is 0 Å². The van der Waals surface area contributed by atoms with Gasteiger partial charge in [-0.05, 0) is 29.8 Å². The zero-order valence-electron chi connectivity index (χ0n) is 15.1. The maximum Gasteiger partial charge on any atom is 0.252 e. The summed E-state index contributed by atoms with van der Waals surface area (Å²) >= 11 is 1.27. The number of thiazole rings is 1. The highest BCUT2D eigenvalue weighted by Gasteiger charge is 2.12. The molecule has 1 aromatic heterocycles. The zero-order valence-corrected chi connectivity index (χ0v) is 15.9. The average Bonchev–Trinajstić information content (AvgIpc) is 3.00. The number of ether oxygens (including phenoxy) is 2. The van der Waals surface area contributed by atoms with Crippen LogP contribution in [0.2, 0.25) is 0 Å². The molecule has 1 heterocycles. The molecule has 0 saturated heterocycles. The van der Waals surface area contributed by atoms with E-state index in [1.165, 1.54) is 24.5 Å². The molecule has 140 valence electrons. The second-order valence-corrected chi connectivity index (χ2v) is 6.75. The quantitative estimate of drug-likeness (QED) is 0.607. The van der Waals surface area contributed by atoms with Gasteiger partial charge in [0, 0.05) is 6.54 Å². The van der Waals surface area contributed by atoms with Gasteiger partial charge < -0.3 is 14.0 Å². The topological polar surface area (TPSA) is 52.8 Å². The van der Waals surface area contributed by atoms with E-state index in [4.69, 9.17) is 9.47 Å². The highest BCUT2D eigenvalue weighted by molar-refractivity contribution is 7.16. The summed E-state index contributed by atoms with van der Waals surface area (Å²) in [4.78, 5) is 17.1. The molecule has 0 aliphatic heterocycles. The molecule has 3 rings (SSSR count). The monoisotopic (exact) mass is 386 g/mol. The highest BCUT2D eigenvalue weighted by atomic mass is 32.1. The molecule has 0 bridgehead atoms. The van der Waals surface area contributed by atoms with Crippen LogP contribution in [0, 0.1) is 5.82 Å². The van der Waals surface area contributed by atoms with Gasteiger partial charge in [-0.2, -0.15) is 4.99 Å². The minimum absolute atomic E-state index is 0.102. The number of allylic oxidation sites excluding steroid dienone is 1. The van der Waals surface area contributed by atoms with Crippen LogP contribution < -0.4 is 14.3 Å². The zero-order chi connectivity index (χ0) is 19.4. The van der Waals surface area contributed by atoms with Crippen LogP contribution in [0.5, 0.6) is 11.5 Å². The smallest absolute Gasteiger partial charge is 0.252 e. The van der Waals surface area contributed by atoms with E-state index in [1.54, 1.807) is 48.1 Å². The van der Waals surface area contributed by atoms with E-state index in [0.717, 1.165) is 10.3 Å². The van der Waals surface area contributed by atoms with Crippen molar-refractivity contribution in [3.05, 3.63) is 65.2 Å². The Labute approximate surface area is 160 Å². The van der Waals surface area contributed by atoms with E-state index in [9.17, 15) is 9.18 Å². The van der Waals surface area contributed by atoms with Crippen molar-refractivity contribution in [2.75, 3.05) is 14.2 Å². The van der Waals surface area contributed by atoms with Gasteiger partial charge in [0.1, 0.15) is 5.82 Å². The summed E-state index contributed by atoms with van der Waals surface area (Å²) in [6.07, 6.45) is 1.75. The van der Waals surface area contributed by atoms with E-state index >= 15 is 0 Å². The first kappa shape index (κ1) is 18.8. The lowest BCUT2D eigenvalue weighted by molar-refractivity contribution is -0.117. The third-order valence-electron chi connectivity index (χ3n) is 3.99. The number of carbonyl (C=O) groups excluding carboxylic acids is 1. The van der Waals surface area contributed by atoms with Gasteiger partial charge in [0.2, 0.25) is 0 Å². The molecule has 0 radical (unpaired) electrons. The van der Waals surface area contributed by atoms with Crippen LogP contribution in [-0.2, 0) is 17.8 Å². The molecule has 7 heteroatoms. The number of hydrogen-bond donors (Lipinski definition) is 0. The van der Waals surface area contributed by atoms with Crippen LogP contribution in [0.25, 0.3) is 10.2 Å². The van der Waals surface area contributed by atoms with Crippen molar-refractivity contribution < 1.29 is 18.7 Å². The molecule has 0 aliphatic carbocycles. The lowest BCUT2D eigenvalue weighted by Gasteiger charge is -2.08. The number of fused-ring (bicyclic) bond motifs is 1. The maximum absolute atomic E-state index is 14.2. The van der Waals surface area contributed by atoms with E-state index in [1.807, 2.05) is 0 Å². The van der Waals surface area contributed by atoms with E-state index in [0.29, 0.717) is 28.4 Å². The van der Waals surface area contributed by atoms with Crippen LogP contribution >= 0.6 is 11.3 Å². The number of carbonyl (C=O) groups is 1. The first-order valence-corrected chi connectivity index (χ1v) is 9.06. The predicted octanol–water partition coefficient (Wildman–Crippen LogP) is 3.72. The van der Waals surface area contributed by atoms with Gasteiger partial charge >= 0.3 is 0 Å². The molecule has 0 aliphatic rings. The fraction of sp³-hybridized carbons (Fsp3) is 0.200. The largest absolute Gasteiger partial charge is 0.493 e. The van der Waals surface area contributed by atoms with E-state index in [2.05, 4.69) is 11.6 Å². The number of nitrogens with zero attached hydrogens (tertiary/aromatic N) is 2. The molecule has 2 aromatic carbocycles. The van der Waals surface area contributed by atoms with Crippen molar-refractivity contribution in [2.24, 2.45) is 4.99 Å². The van der Waals surface area contributed by atoms with Gasteiger partial charge in [0.05, 0.1) is 30.9 Å². The molecule has 27 heavy (non-hydrogen) atoms. The first-order chi connectivity index (χ1) is 13.1. The number of hydrogen-bond acceptors (Lipinski definition) is 4. The number of para-hydroxylation sites is 1. The summed E-state index contributed by atoms with van der Waals surface area (Å²) in [5, 5.41) is 0. The van der Waals surface area contributed by atoms with Crippen molar-refractivity contribution in [1.29, 1.82) is 0 Å². The fourth-order valence-electron chi connectivity index (χ4n) is 2.78. The van der Waals surface area contributed by atoms with Crippen molar-refractivity contribution in [2.45, 2.75) is 13.0 Å². The lowest BCUT2D eigenvalue weighted by atomic mass is 10.1. The van der Waals surface area contributed by atoms with Crippen molar-refractivity contribution in [3.63, 3.8) is 0 Å². The molecule has 5 nitrogen and oxygen atoms in total. The summed E-state index contributed by atoms with van der Waals surface area (Å²) in [7, 11) is 3.09.